The van der Waals surface area contributed by atoms with Crippen LogP contribution in [0, 0.1) is 5.92 Å². The van der Waals surface area contributed by atoms with Crippen molar-refractivity contribution in [2.75, 3.05) is 20.1 Å². The Morgan fingerprint density at radius 1 is 0.875 bits per heavy atom. The fourth-order valence-corrected chi connectivity index (χ4v) is 5.96. The second kappa shape index (κ2) is 17.1. The summed E-state index contributed by atoms with van der Waals surface area (Å²) < 4.78 is 13.3. The zero-order chi connectivity index (χ0) is 33.9. The molecule has 4 aromatic rings. The summed E-state index contributed by atoms with van der Waals surface area (Å²) in [4.78, 5) is 29.6. The Morgan fingerprint density at radius 2 is 1.65 bits per heavy atom. The van der Waals surface area contributed by atoms with Crippen molar-refractivity contribution < 1.29 is 29.3 Å². The number of nitrogens with zero attached hydrogens (tertiary/aromatic N) is 2. The molecule has 1 aliphatic heterocycles. The maximum absolute atomic E-state index is 12.1. The Morgan fingerprint density at radius 3 is 2.35 bits per heavy atom. The molecule has 9 heteroatoms. The molecule has 1 fully saturated rings. The molecule has 1 amide bonds. The molecule has 0 bridgehead atoms. The topological polar surface area (TPSA) is 121 Å². The van der Waals surface area contributed by atoms with Gasteiger partial charge in [-0.3, -0.25) is 14.6 Å². The van der Waals surface area contributed by atoms with Crippen LogP contribution in [-0.2, 0) is 38.6 Å². The minimum Gasteiger partial charge on any atom is -0.481 e. The van der Waals surface area contributed by atoms with Gasteiger partial charge in [-0.05, 0) is 59.5 Å². The Bertz CT molecular complexity index is 1610. The summed E-state index contributed by atoms with van der Waals surface area (Å²) in [6, 6.07) is 30.1. The quantitative estimate of drug-likeness (QED) is 0.142. The zero-order valence-corrected chi connectivity index (χ0v) is 27.6. The average Bonchev–Trinajstić information content (AvgIpc) is 3.11. The number of benzene rings is 3. The van der Waals surface area contributed by atoms with Gasteiger partial charge in [0.05, 0.1) is 18.8 Å². The number of carboxylic acids is 1. The van der Waals surface area contributed by atoms with Crippen LogP contribution in [0.5, 0.6) is 0 Å². The molecular weight excluding hydrogens is 606 g/mol. The number of hydrogen-bond acceptors (Lipinski definition) is 7. The summed E-state index contributed by atoms with van der Waals surface area (Å²) >= 11 is 0. The van der Waals surface area contributed by atoms with Gasteiger partial charge in [0, 0.05) is 62.3 Å². The first kappa shape index (κ1) is 34.9. The van der Waals surface area contributed by atoms with Crippen LogP contribution in [0.4, 0.5) is 0 Å². The van der Waals surface area contributed by atoms with E-state index in [0.29, 0.717) is 13.0 Å². The van der Waals surface area contributed by atoms with Crippen molar-refractivity contribution in [3.05, 3.63) is 125 Å². The third kappa shape index (κ3) is 9.81. The first-order valence-corrected chi connectivity index (χ1v) is 16.6. The second-order valence-electron chi connectivity index (χ2n) is 12.5. The predicted molar refractivity (Wildman–Crippen MR) is 184 cm³/mol. The summed E-state index contributed by atoms with van der Waals surface area (Å²) in [5.74, 6) is -0.975. The summed E-state index contributed by atoms with van der Waals surface area (Å²) in [5.41, 5.74) is 6.91. The molecule has 1 aliphatic rings. The number of amides is 1. The molecule has 0 spiro atoms. The van der Waals surface area contributed by atoms with Crippen molar-refractivity contribution in [2.45, 2.75) is 64.3 Å². The summed E-state index contributed by atoms with van der Waals surface area (Å²) in [7, 11) is 2.11. The van der Waals surface area contributed by atoms with Crippen LogP contribution in [0.25, 0.3) is 11.1 Å². The number of nitrogens with one attached hydrogen (secondary N) is 1. The highest BCUT2D eigenvalue weighted by Gasteiger charge is 2.38. The molecule has 0 aliphatic carbocycles. The molecule has 4 atom stereocenters. The monoisotopic (exact) mass is 651 g/mol. The van der Waals surface area contributed by atoms with E-state index in [2.05, 4.69) is 47.4 Å². The van der Waals surface area contributed by atoms with E-state index in [0.717, 1.165) is 58.6 Å². The van der Waals surface area contributed by atoms with E-state index in [1.54, 1.807) is 0 Å². The number of hydrogen-bond donors (Lipinski definition) is 3. The Labute approximate surface area is 282 Å². The van der Waals surface area contributed by atoms with E-state index in [9.17, 15) is 14.7 Å². The Kier molecular flexibility index (Phi) is 12.5. The van der Waals surface area contributed by atoms with Gasteiger partial charge in [-0.1, -0.05) is 79.7 Å². The minimum absolute atomic E-state index is 0.00469. The number of carbonyl (C=O) groups excluding carboxylic acids is 1. The molecule has 1 saturated heterocycles. The SMILES string of the molecule is CC1C(CN(C)CCc2ccccn2)OC(c2ccc(-c3cccc(CNC(=O)CCCC(=O)O)c3)cc2)OC1c1ccc(CO)cc1. The third-order valence-corrected chi connectivity index (χ3v) is 8.82. The maximum Gasteiger partial charge on any atom is 0.303 e. The predicted octanol–water partition coefficient (Wildman–Crippen LogP) is 6.08. The molecule has 4 unspecified atom stereocenters. The Balaban J connectivity index is 1.27. The molecule has 0 saturated carbocycles. The molecule has 252 valence electrons. The van der Waals surface area contributed by atoms with Crippen LogP contribution in [0.2, 0.25) is 0 Å². The summed E-state index contributed by atoms with van der Waals surface area (Å²) in [5, 5.41) is 21.2. The first-order chi connectivity index (χ1) is 23.3. The second-order valence-corrected chi connectivity index (χ2v) is 12.5. The van der Waals surface area contributed by atoms with Crippen LogP contribution in [0.15, 0.2) is 97.2 Å². The van der Waals surface area contributed by atoms with Gasteiger partial charge in [0.2, 0.25) is 5.91 Å². The molecule has 48 heavy (non-hydrogen) atoms. The van der Waals surface area contributed by atoms with E-state index in [1.165, 1.54) is 0 Å². The van der Waals surface area contributed by atoms with Crippen LogP contribution < -0.4 is 5.32 Å². The van der Waals surface area contributed by atoms with Gasteiger partial charge >= 0.3 is 5.97 Å². The van der Waals surface area contributed by atoms with E-state index in [-0.39, 0.29) is 43.5 Å². The number of aromatic nitrogens is 1. The lowest BCUT2D eigenvalue weighted by Gasteiger charge is -2.42. The minimum atomic E-state index is -0.897. The molecule has 0 radical (unpaired) electrons. The normalized spacial score (nSPS) is 19.2. The summed E-state index contributed by atoms with van der Waals surface area (Å²) in [6.45, 7) is 4.13. The summed E-state index contributed by atoms with van der Waals surface area (Å²) in [6.07, 6.45) is 2.33. The largest absolute Gasteiger partial charge is 0.481 e. The van der Waals surface area contributed by atoms with Crippen LogP contribution in [-0.4, -0.2) is 58.2 Å². The highest BCUT2D eigenvalue weighted by atomic mass is 16.7. The van der Waals surface area contributed by atoms with E-state index < -0.39 is 12.3 Å². The van der Waals surface area contributed by atoms with Crippen molar-refractivity contribution in [1.82, 2.24) is 15.2 Å². The van der Waals surface area contributed by atoms with Crippen molar-refractivity contribution in [2.24, 2.45) is 5.92 Å². The number of carbonyl (C=O) groups is 2. The zero-order valence-electron chi connectivity index (χ0n) is 27.6. The van der Waals surface area contributed by atoms with Crippen LogP contribution in [0.1, 0.15) is 66.5 Å². The van der Waals surface area contributed by atoms with Crippen LogP contribution >= 0.6 is 0 Å². The molecular formula is C39H45N3O6. The molecule has 1 aromatic heterocycles. The number of aliphatic hydroxyl groups is 1. The number of ether oxygens (including phenoxy) is 2. The number of aliphatic hydroxyl groups excluding tert-OH is 1. The number of rotatable bonds is 15. The van der Waals surface area contributed by atoms with E-state index in [1.807, 2.05) is 79.0 Å². The molecule has 3 aromatic carbocycles. The highest BCUT2D eigenvalue weighted by molar-refractivity contribution is 5.76. The lowest BCUT2D eigenvalue weighted by molar-refractivity contribution is -0.275. The average molecular weight is 652 g/mol. The number of aliphatic carboxylic acids is 1. The van der Waals surface area contributed by atoms with Gasteiger partial charge in [0.25, 0.3) is 0 Å². The van der Waals surface area contributed by atoms with E-state index >= 15 is 0 Å². The fraction of sp³-hybridized carbons (Fsp3) is 0.359. The van der Waals surface area contributed by atoms with Crippen molar-refractivity contribution >= 4 is 11.9 Å². The van der Waals surface area contributed by atoms with E-state index in [4.69, 9.17) is 14.6 Å². The van der Waals surface area contributed by atoms with Gasteiger partial charge in [-0.25, -0.2) is 0 Å². The standard InChI is InChI=1S/C39H45N3O6/c1-27-35(25-42(2)22-20-34-9-3-4-21-40-34)47-39(48-38(27)31-14-12-28(26-43)13-15-31)32-18-16-30(17-19-32)33-8-5-7-29(23-33)24-41-36(44)10-6-11-37(45)46/h3-5,7-9,12-19,21,23,27,35,38-39,43H,6,10-11,20,22,24-26H2,1-2H3,(H,41,44)(H,45,46). The van der Waals surface area contributed by atoms with Gasteiger partial charge in [0.15, 0.2) is 6.29 Å². The van der Waals surface area contributed by atoms with Gasteiger partial charge in [-0.2, -0.15) is 0 Å². The van der Waals surface area contributed by atoms with Gasteiger partial charge in [0.1, 0.15) is 0 Å². The Hall–Kier alpha value is -4.41. The smallest absolute Gasteiger partial charge is 0.303 e. The fourth-order valence-electron chi connectivity index (χ4n) is 5.96. The maximum atomic E-state index is 12.1. The number of pyridine rings is 1. The highest BCUT2D eigenvalue weighted by Crippen LogP contribution is 2.42. The third-order valence-electron chi connectivity index (χ3n) is 8.82. The molecule has 2 heterocycles. The molecule has 9 nitrogen and oxygen atoms in total. The lowest BCUT2D eigenvalue weighted by atomic mass is 9.90. The number of likely N-dealkylation sites (N-methyl/N-ethyl adjacent to an activating group) is 1. The van der Waals surface area contributed by atoms with Crippen molar-refractivity contribution in [3.63, 3.8) is 0 Å². The molecule has 3 N–H and O–H groups in total. The number of carboxylic acid groups (broad SMARTS) is 1. The lowest BCUT2D eigenvalue weighted by Crippen LogP contribution is -2.43. The first-order valence-electron chi connectivity index (χ1n) is 16.6. The van der Waals surface area contributed by atoms with Gasteiger partial charge < -0.3 is 29.9 Å². The molecule has 5 rings (SSSR count). The van der Waals surface area contributed by atoms with Crippen molar-refractivity contribution in [3.8, 4) is 11.1 Å². The van der Waals surface area contributed by atoms with Crippen LogP contribution in [0.3, 0.4) is 0 Å². The van der Waals surface area contributed by atoms with Crippen molar-refractivity contribution in [1.29, 1.82) is 0 Å². The van der Waals surface area contributed by atoms with Gasteiger partial charge in [-0.15, -0.1) is 0 Å².